The number of nitrogens with zero attached hydrogens (tertiary/aromatic N) is 6. The summed E-state index contributed by atoms with van der Waals surface area (Å²) in [6.45, 7) is 5.85. The van der Waals surface area contributed by atoms with Crippen molar-refractivity contribution >= 4 is 33.2 Å². The molecule has 0 atom stereocenters. The first kappa shape index (κ1) is 17.2. The van der Waals surface area contributed by atoms with E-state index >= 15 is 0 Å². The molecule has 0 aliphatic carbocycles. The van der Waals surface area contributed by atoms with Crippen LogP contribution in [0.1, 0.15) is 25.6 Å². The predicted octanol–water partition coefficient (Wildman–Crippen LogP) is 1.09. The molecule has 0 aromatic carbocycles. The summed E-state index contributed by atoms with van der Waals surface area (Å²) in [6.07, 6.45) is 1.51. The minimum absolute atomic E-state index is 0.0371. The number of aromatic nitrogens is 4. The number of hydrogen-bond donors (Lipinski definition) is 0. The molecule has 1 aliphatic rings. The molecule has 1 amide bonds. The molecule has 4 heterocycles. The number of carbonyl (C=O) groups excluding carboxylic acids is 1. The van der Waals surface area contributed by atoms with E-state index in [-0.39, 0.29) is 11.5 Å². The van der Waals surface area contributed by atoms with Gasteiger partial charge < -0.3 is 4.90 Å². The number of thiophene rings is 1. The van der Waals surface area contributed by atoms with Crippen LogP contribution in [-0.4, -0.2) is 61.1 Å². The average molecular weight is 374 g/mol. The van der Waals surface area contributed by atoms with Crippen molar-refractivity contribution in [3.63, 3.8) is 0 Å². The first-order valence-corrected chi connectivity index (χ1v) is 9.78. The van der Waals surface area contributed by atoms with E-state index in [9.17, 15) is 9.59 Å². The summed E-state index contributed by atoms with van der Waals surface area (Å²) in [5, 5.41) is 10.5. The first-order chi connectivity index (χ1) is 12.6. The average Bonchev–Trinajstić information content (AvgIpc) is 3.21. The van der Waals surface area contributed by atoms with Crippen molar-refractivity contribution in [1.82, 2.24) is 29.0 Å². The fourth-order valence-corrected chi connectivity index (χ4v) is 4.41. The zero-order valence-corrected chi connectivity index (χ0v) is 15.8. The number of amides is 1. The monoisotopic (exact) mass is 374 g/mol. The Labute approximate surface area is 154 Å². The number of rotatable bonds is 3. The molecule has 3 aromatic heterocycles. The van der Waals surface area contributed by atoms with E-state index in [1.54, 1.807) is 11.6 Å². The van der Waals surface area contributed by atoms with Crippen molar-refractivity contribution < 1.29 is 4.79 Å². The van der Waals surface area contributed by atoms with E-state index in [0.717, 1.165) is 48.6 Å². The zero-order chi connectivity index (χ0) is 18.3. The number of hydrogen-bond acceptors (Lipinski definition) is 6. The van der Waals surface area contributed by atoms with Gasteiger partial charge in [0.2, 0.25) is 11.7 Å². The van der Waals surface area contributed by atoms with Crippen LogP contribution in [0.5, 0.6) is 0 Å². The maximum Gasteiger partial charge on any atom is 0.272 e. The molecule has 0 bridgehead atoms. The van der Waals surface area contributed by atoms with Gasteiger partial charge in [-0.3, -0.25) is 23.5 Å². The summed E-state index contributed by atoms with van der Waals surface area (Å²) in [5.74, 6) is 1.61. The maximum atomic E-state index is 12.4. The van der Waals surface area contributed by atoms with Crippen LogP contribution >= 0.6 is 11.3 Å². The van der Waals surface area contributed by atoms with Crippen molar-refractivity contribution in [2.75, 3.05) is 26.2 Å². The molecule has 0 spiro atoms. The van der Waals surface area contributed by atoms with Gasteiger partial charge in [-0.05, 0) is 17.9 Å². The Balaban J connectivity index is 1.64. The lowest BCUT2D eigenvalue weighted by Crippen LogP contribution is -2.34. The van der Waals surface area contributed by atoms with E-state index in [1.807, 2.05) is 27.7 Å². The quantitative estimate of drug-likeness (QED) is 0.686. The maximum absolute atomic E-state index is 12.4. The van der Waals surface area contributed by atoms with E-state index in [4.69, 9.17) is 0 Å². The first-order valence-electron chi connectivity index (χ1n) is 8.90. The SMILES string of the molecule is CCC(=O)N1CCCN(Cc2nnc3n(C)c(=O)c4sccc4n23)CC1. The molecule has 1 aliphatic heterocycles. The molecule has 0 saturated carbocycles. The lowest BCUT2D eigenvalue weighted by molar-refractivity contribution is -0.130. The van der Waals surface area contributed by atoms with Crippen molar-refractivity contribution in [1.29, 1.82) is 0 Å². The second-order valence-electron chi connectivity index (χ2n) is 6.61. The van der Waals surface area contributed by atoms with Crippen LogP contribution in [-0.2, 0) is 18.4 Å². The summed E-state index contributed by atoms with van der Waals surface area (Å²) in [7, 11) is 1.73. The van der Waals surface area contributed by atoms with E-state index in [2.05, 4.69) is 15.1 Å². The fraction of sp³-hybridized carbons (Fsp3) is 0.529. The Morgan fingerprint density at radius 1 is 1.23 bits per heavy atom. The van der Waals surface area contributed by atoms with Crippen LogP contribution in [0.25, 0.3) is 16.0 Å². The van der Waals surface area contributed by atoms with Crippen molar-refractivity contribution in [3.05, 3.63) is 27.6 Å². The van der Waals surface area contributed by atoms with Crippen molar-refractivity contribution in [2.45, 2.75) is 26.3 Å². The lowest BCUT2D eigenvalue weighted by atomic mass is 10.3. The van der Waals surface area contributed by atoms with Gasteiger partial charge >= 0.3 is 0 Å². The highest BCUT2D eigenvalue weighted by Gasteiger charge is 2.21. The third-order valence-electron chi connectivity index (χ3n) is 5.01. The Morgan fingerprint density at radius 2 is 2.08 bits per heavy atom. The Morgan fingerprint density at radius 3 is 2.88 bits per heavy atom. The third kappa shape index (κ3) is 2.80. The summed E-state index contributed by atoms with van der Waals surface area (Å²) < 4.78 is 4.25. The van der Waals surface area contributed by atoms with Gasteiger partial charge in [0.15, 0.2) is 5.82 Å². The normalized spacial score (nSPS) is 16.5. The van der Waals surface area contributed by atoms with Crippen LogP contribution in [0.2, 0.25) is 0 Å². The van der Waals surface area contributed by atoms with E-state index in [0.29, 0.717) is 18.7 Å². The Hall–Kier alpha value is -2.26. The van der Waals surface area contributed by atoms with Crippen LogP contribution in [0.4, 0.5) is 0 Å². The van der Waals surface area contributed by atoms with Gasteiger partial charge in [0.25, 0.3) is 5.56 Å². The smallest absolute Gasteiger partial charge is 0.272 e. The molecular weight excluding hydrogens is 352 g/mol. The van der Waals surface area contributed by atoms with Gasteiger partial charge in [-0.1, -0.05) is 6.92 Å². The van der Waals surface area contributed by atoms with E-state index < -0.39 is 0 Å². The van der Waals surface area contributed by atoms with Crippen LogP contribution in [0.3, 0.4) is 0 Å². The van der Waals surface area contributed by atoms with Gasteiger partial charge in [0.1, 0.15) is 4.70 Å². The van der Waals surface area contributed by atoms with Crippen LogP contribution < -0.4 is 5.56 Å². The van der Waals surface area contributed by atoms with Gasteiger partial charge in [0, 0.05) is 39.6 Å². The van der Waals surface area contributed by atoms with Crippen molar-refractivity contribution in [2.24, 2.45) is 7.05 Å². The molecule has 0 unspecified atom stereocenters. The molecule has 0 N–H and O–H groups in total. The second kappa shape index (κ2) is 6.81. The van der Waals surface area contributed by atoms with Crippen LogP contribution in [0.15, 0.2) is 16.2 Å². The molecule has 9 heteroatoms. The standard InChI is InChI=1S/C17H22N6O2S/c1-3-14(24)22-7-4-6-21(8-9-22)11-13-18-19-17-20(2)16(25)15-12(23(13)17)5-10-26-15/h5,10H,3-4,6-9,11H2,1-2H3. The van der Waals surface area contributed by atoms with E-state index in [1.165, 1.54) is 11.3 Å². The summed E-state index contributed by atoms with van der Waals surface area (Å²) in [6, 6.07) is 1.95. The predicted molar refractivity (Wildman–Crippen MR) is 100 cm³/mol. The summed E-state index contributed by atoms with van der Waals surface area (Å²) >= 11 is 1.44. The number of aryl methyl sites for hydroxylation is 1. The minimum Gasteiger partial charge on any atom is -0.341 e. The molecule has 1 fully saturated rings. The molecule has 138 valence electrons. The Kier molecular flexibility index (Phi) is 4.49. The summed E-state index contributed by atoms with van der Waals surface area (Å²) in [4.78, 5) is 28.6. The molecule has 8 nitrogen and oxygen atoms in total. The lowest BCUT2D eigenvalue weighted by Gasteiger charge is -2.21. The van der Waals surface area contributed by atoms with Gasteiger partial charge in [-0.2, -0.15) is 0 Å². The van der Waals surface area contributed by atoms with Gasteiger partial charge in [-0.25, -0.2) is 0 Å². The van der Waals surface area contributed by atoms with Gasteiger partial charge in [0.05, 0.1) is 12.1 Å². The molecule has 0 radical (unpaired) electrons. The molecular formula is C17H22N6O2S. The molecule has 26 heavy (non-hydrogen) atoms. The Bertz CT molecular complexity index is 1020. The minimum atomic E-state index is -0.0371. The fourth-order valence-electron chi connectivity index (χ4n) is 3.56. The highest BCUT2D eigenvalue weighted by molar-refractivity contribution is 7.17. The van der Waals surface area contributed by atoms with Gasteiger partial charge in [-0.15, -0.1) is 21.5 Å². The highest BCUT2D eigenvalue weighted by atomic mass is 32.1. The number of fused-ring (bicyclic) bond motifs is 3. The topological polar surface area (TPSA) is 75.7 Å². The number of carbonyl (C=O) groups is 1. The molecule has 4 rings (SSSR count). The molecule has 1 saturated heterocycles. The second-order valence-corrected chi connectivity index (χ2v) is 7.53. The largest absolute Gasteiger partial charge is 0.341 e. The summed E-state index contributed by atoms with van der Waals surface area (Å²) in [5.41, 5.74) is 0.829. The highest BCUT2D eigenvalue weighted by Crippen LogP contribution is 2.20. The molecule has 3 aromatic rings. The van der Waals surface area contributed by atoms with Crippen LogP contribution in [0, 0.1) is 0 Å². The third-order valence-corrected chi connectivity index (χ3v) is 5.90. The van der Waals surface area contributed by atoms with Crippen molar-refractivity contribution in [3.8, 4) is 0 Å². The zero-order valence-electron chi connectivity index (χ0n) is 15.0.